The number of carboxylic acid groups (broad SMARTS) is 2. The smallest absolute Gasteiger partial charge is 0.375 e. The van der Waals surface area contributed by atoms with Gasteiger partial charge in [-0.05, 0) is 0 Å². The first-order chi connectivity index (χ1) is 11.8. The molecule has 14 nitrogen and oxygen atoms in total. The van der Waals surface area contributed by atoms with Crippen LogP contribution in [0.3, 0.4) is 0 Å². The van der Waals surface area contributed by atoms with Crippen molar-refractivity contribution in [3.05, 3.63) is 0 Å². The molecule has 0 spiro atoms. The van der Waals surface area contributed by atoms with Gasteiger partial charge in [0.15, 0.2) is 12.2 Å². The van der Waals surface area contributed by atoms with E-state index in [2.05, 4.69) is 0 Å². The van der Waals surface area contributed by atoms with Crippen molar-refractivity contribution in [1.29, 1.82) is 0 Å². The second-order valence-electron chi connectivity index (χ2n) is 4.71. The minimum Gasteiger partial charge on any atom is -0.475 e. The molecule has 0 aromatic rings. The first kappa shape index (κ1) is 26.2. The number of aliphatic hydroxyl groups is 8. The number of aliphatic hydroxyl groups excluding tert-OH is 8. The molecule has 0 aliphatic carbocycles. The van der Waals surface area contributed by atoms with E-state index in [1.54, 1.807) is 0 Å². The van der Waals surface area contributed by atoms with Crippen LogP contribution in [-0.4, -0.2) is 124 Å². The number of aliphatic carboxylic acids is 2. The van der Waals surface area contributed by atoms with Crippen LogP contribution in [-0.2, 0) is 19.2 Å². The van der Waals surface area contributed by atoms with E-state index < -0.39 is 73.3 Å². The van der Waals surface area contributed by atoms with Gasteiger partial charge in [-0.2, -0.15) is 0 Å². The molecule has 26 heavy (non-hydrogen) atoms. The summed E-state index contributed by atoms with van der Waals surface area (Å²) in [4.78, 5) is 41.0. The zero-order valence-corrected chi connectivity index (χ0v) is 13.0. The molecule has 0 rings (SSSR count). The number of ketones is 2. The zero-order valence-electron chi connectivity index (χ0n) is 13.0. The summed E-state index contributed by atoms with van der Waals surface area (Å²) in [6.07, 6.45) is -12.0. The lowest BCUT2D eigenvalue weighted by molar-refractivity contribution is -0.159. The summed E-state index contributed by atoms with van der Waals surface area (Å²) in [7, 11) is 0. The molecule has 0 bridgehead atoms. The van der Waals surface area contributed by atoms with Gasteiger partial charge in [0.2, 0.25) is 0 Å². The van der Waals surface area contributed by atoms with Gasteiger partial charge in [-0.3, -0.25) is 9.59 Å². The number of rotatable bonds is 10. The minimum absolute atomic E-state index is 0.884. The monoisotopic (exact) mass is 388 g/mol. The van der Waals surface area contributed by atoms with Gasteiger partial charge in [0.05, 0.1) is 13.2 Å². The van der Waals surface area contributed by atoms with E-state index in [4.69, 9.17) is 51.1 Å². The third-order valence-electron chi connectivity index (χ3n) is 2.77. The first-order valence-electron chi connectivity index (χ1n) is 6.67. The van der Waals surface area contributed by atoms with Crippen molar-refractivity contribution in [3.8, 4) is 0 Å². The number of hydrogen-bond acceptors (Lipinski definition) is 12. The van der Waals surface area contributed by atoms with Gasteiger partial charge in [0.25, 0.3) is 11.6 Å². The van der Waals surface area contributed by atoms with Gasteiger partial charge < -0.3 is 51.1 Å². The molecular formula is C12H20O14. The fraction of sp³-hybridized carbons (Fsp3) is 0.667. The zero-order chi connectivity index (χ0) is 21.2. The molecule has 152 valence electrons. The molecule has 14 heteroatoms. The SMILES string of the molecule is O=C(O)C(=O)C(O)C(O)C(O)CO.O=C(O)C(=O)C(O)C(O)C(O)CO. The summed E-state index contributed by atoms with van der Waals surface area (Å²) in [6.45, 7) is -1.77. The lowest BCUT2D eigenvalue weighted by Gasteiger charge is -2.18. The normalized spacial score (nSPS) is 17.5. The highest BCUT2D eigenvalue weighted by Crippen LogP contribution is 2.02. The van der Waals surface area contributed by atoms with Crippen LogP contribution in [0.1, 0.15) is 0 Å². The molecule has 10 N–H and O–H groups in total. The highest BCUT2D eigenvalue weighted by Gasteiger charge is 2.34. The standard InChI is InChI=1S/2C6H10O7/c2*7-1-2(8)3(9)4(10)5(11)6(12)13/h2*2-4,7-10H,1H2,(H,12,13). The summed E-state index contributed by atoms with van der Waals surface area (Å²) in [5, 5.41) is 85.6. The van der Waals surface area contributed by atoms with Crippen LogP contribution in [0.15, 0.2) is 0 Å². The fourth-order valence-electron chi connectivity index (χ4n) is 1.20. The summed E-state index contributed by atoms with van der Waals surface area (Å²) < 4.78 is 0. The van der Waals surface area contributed by atoms with E-state index in [0.717, 1.165) is 0 Å². The Morgan fingerprint density at radius 3 is 0.962 bits per heavy atom. The topological polar surface area (TPSA) is 271 Å². The van der Waals surface area contributed by atoms with Gasteiger partial charge in [0.1, 0.15) is 24.4 Å². The van der Waals surface area contributed by atoms with Gasteiger partial charge in [-0.15, -0.1) is 0 Å². The quantitative estimate of drug-likeness (QED) is 0.156. The van der Waals surface area contributed by atoms with Gasteiger partial charge in [-0.1, -0.05) is 0 Å². The Labute approximate surface area is 144 Å². The molecule has 0 aromatic carbocycles. The van der Waals surface area contributed by atoms with Crippen molar-refractivity contribution in [2.45, 2.75) is 36.6 Å². The summed E-state index contributed by atoms with van der Waals surface area (Å²) in [5.41, 5.74) is 0. The number of Topliss-reactive ketones (excluding diaryl/α,β-unsaturated/α-hetero) is 2. The van der Waals surface area contributed by atoms with E-state index in [1.165, 1.54) is 0 Å². The molecule has 6 atom stereocenters. The Bertz CT molecular complexity index is 446. The Balaban J connectivity index is 0. The molecule has 0 aliphatic heterocycles. The number of carbonyl (C=O) groups is 4. The third kappa shape index (κ3) is 8.37. The Kier molecular flexibility index (Phi) is 12.4. The highest BCUT2D eigenvalue weighted by molar-refractivity contribution is 6.35. The van der Waals surface area contributed by atoms with Gasteiger partial charge >= 0.3 is 11.9 Å². The highest BCUT2D eigenvalue weighted by atomic mass is 16.4. The molecule has 0 radical (unpaired) electrons. The van der Waals surface area contributed by atoms with E-state index in [9.17, 15) is 19.2 Å². The number of carbonyl (C=O) groups excluding carboxylic acids is 2. The maximum atomic E-state index is 10.5. The maximum absolute atomic E-state index is 10.5. The van der Waals surface area contributed by atoms with Gasteiger partial charge in [0, 0.05) is 0 Å². The van der Waals surface area contributed by atoms with Crippen LogP contribution in [0.25, 0.3) is 0 Å². The second-order valence-corrected chi connectivity index (χ2v) is 4.71. The van der Waals surface area contributed by atoms with Crippen LogP contribution in [0, 0.1) is 0 Å². The van der Waals surface area contributed by atoms with Crippen LogP contribution >= 0.6 is 0 Å². The maximum Gasteiger partial charge on any atom is 0.375 e. The summed E-state index contributed by atoms with van der Waals surface area (Å²) >= 11 is 0. The van der Waals surface area contributed by atoms with Crippen molar-refractivity contribution in [1.82, 2.24) is 0 Å². The molecule has 0 aliphatic rings. The molecule has 0 aromatic heterocycles. The fourth-order valence-corrected chi connectivity index (χ4v) is 1.20. The number of hydrogen-bond donors (Lipinski definition) is 10. The Morgan fingerprint density at radius 1 is 0.577 bits per heavy atom. The van der Waals surface area contributed by atoms with Gasteiger partial charge in [-0.25, -0.2) is 9.59 Å². The van der Waals surface area contributed by atoms with Crippen LogP contribution in [0.2, 0.25) is 0 Å². The van der Waals surface area contributed by atoms with Crippen molar-refractivity contribution in [2.24, 2.45) is 0 Å². The molecule has 0 heterocycles. The van der Waals surface area contributed by atoms with Crippen LogP contribution in [0.4, 0.5) is 0 Å². The average Bonchev–Trinajstić information content (AvgIpc) is 2.62. The van der Waals surface area contributed by atoms with Crippen molar-refractivity contribution >= 4 is 23.5 Å². The third-order valence-corrected chi connectivity index (χ3v) is 2.77. The lowest BCUT2D eigenvalue weighted by Crippen LogP contribution is -2.46. The molecule has 0 amide bonds. The Morgan fingerprint density at radius 2 is 0.808 bits per heavy atom. The second kappa shape index (κ2) is 12.3. The van der Waals surface area contributed by atoms with Crippen LogP contribution in [0.5, 0.6) is 0 Å². The molecule has 0 fully saturated rings. The molecule has 0 saturated heterocycles. The van der Waals surface area contributed by atoms with E-state index in [1.807, 2.05) is 0 Å². The number of carboxylic acids is 2. The van der Waals surface area contributed by atoms with Crippen molar-refractivity contribution in [2.75, 3.05) is 13.2 Å². The predicted octanol–water partition coefficient (Wildman–Crippen LogP) is -6.57. The lowest BCUT2D eigenvalue weighted by atomic mass is 10.1. The average molecular weight is 388 g/mol. The van der Waals surface area contributed by atoms with E-state index >= 15 is 0 Å². The molecular weight excluding hydrogens is 368 g/mol. The first-order valence-corrected chi connectivity index (χ1v) is 6.67. The van der Waals surface area contributed by atoms with Crippen molar-refractivity contribution in [3.63, 3.8) is 0 Å². The predicted molar refractivity (Wildman–Crippen MR) is 75.5 cm³/mol. The largest absolute Gasteiger partial charge is 0.475 e. The molecule has 6 unspecified atom stereocenters. The van der Waals surface area contributed by atoms with E-state index in [0.29, 0.717) is 0 Å². The van der Waals surface area contributed by atoms with E-state index in [-0.39, 0.29) is 0 Å². The summed E-state index contributed by atoms with van der Waals surface area (Å²) in [5.74, 6) is -7.12. The van der Waals surface area contributed by atoms with Crippen molar-refractivity contribution < 1.29 is 70.2 Å². The Hall–Kier alpha value is -2.04. The minimum atomic E-state index is -2.24. The van der Waals surface area contributed by atoms with Crippen LogP contribution < -0.4 is 0 Å². The molecule has 0 saturated carbocycles. The summed E-state index contributed by atoms with van der Waals surface area (Å²) in [6, 6.07) is 0.